The normalized spacial score (nSPS) is 21.3. The van der Waals surface area contributed by atoms with Gasteiger partial charge in [0, 0.05) is 20.1 Å². The number of halogens is 1. The molecule has 1 aliphatic rings. The fourth-order valence-electron chi connectivity index (χ4n) is 2.14. The molecule has 2 rings (SSSR count). The van der Waals surface area contributed by atoms with E-state index in [2.05, 4.69) is 21.2 Å². The second kappa shape index (κ2) is 5.90. The molecule has 2 heterocycles. The van der Waals surface area contributed by atoms with Crippen molar-refractivity contribution in [1.82, 2.24) is 9.62 Å². The van der Waals surface area contributed by atoms with Crippen LogP contribution in [0, 0.1) is 5.92 Å². The monoisotopic (exact) mass is 366 g/mol. The van der Waals surface area contributed by atoms with E-state index in [1.165, 1.54) is 15.6 Å². The van der Waals surface area contributed by atoms with Gasteiger partial charge < -0.3 is 5.32 Å². The Hall–Kier alpha value is -0.440. The third-order valence-electron chi connectivity index (χ3n) is 3.14. The zero-order valence-electron chi connectivity index (χ0n) is 10.4. The summed E-state index contributed by atoms with van der Waals surface area (Å²) in [7, 11) is -1.90. The second-order valence-electron chi connectivity index (χ2n) is 4.37. The van der Waals surface area contributed by atoms with E-state index >= 15 is 0 Å². The fourth-order valence-corrected chi connectivity index (χ4v) is 5.83. The summed E-state index contributed by atoms with van der Waals surface area (Å²) in [4.78, 5) is 11.6. The van der Waals surface area contributed by atoms with Crippen molar-refractivity contribution in [3.8, 4) is 0 Å². The van der Waals surface area contributed by atoms with Gasteiger partial charge >= 0.3 is 0 Å². The Balaban J connectivity index is 2.19. The van der Waals surface area contributed by atoms with Crippen LogP contribution in [0.15, 0.2) is 20.1 Å². The molecule has 0 spiro atoms. The van der Waals surface area contributed by atoms with Gasteiger partial charge in [0.05, 0.1) is 9.70 Å². The molecule has 1 aliphatic heterocycles. The highest BCUT2D eigenvalue weighted by atomic mass is 79.9. The maximum absolute atomic E-state index is 12.4. The van der Waals surface area contributed by atoms with Crippen LogP contribution in [-0.2, 0) is 14.8 Å². The second-order valence-corrected chi connectivity index (χ2v) is 9.00. The van der Waals surface area contributed by atoms with E-state index in [1.807, 2.05) is 0 Å². The number of nitrogens with one attached hydrogen (secondary N) is 1. The van der Waals surface area contributed by atoms with Crippen LogP contribution in [0.25, 0.3) is 0 Å². The van der Waals surface area contributed by atoms with Crippen molar-refractivity contribution >= 4 is 43.2 Å². The van der Waals surface area contributed by atoms with Crippen molar-refractivity contribution in [3.05, 3.63) is 15.9 Å². The van der Waals surface area contributed by atoms with Gasteiger partial charge in [0.1, 0.15) is 4.21 Å². The average Bonchev–Trinajstić information content (AvgIpc) is 2.85. The molecule has 0 aliphatic carbocycles. The number of carbonyl (C=O) groups is 1. The molecule has 19 heavy (non-hydrogen) atoms. The fraction of sp³-hybridized carbons (Fsp3) is 0.545. The molecule has 1 aromatic heterocycles. The van der Waals surface area contributed by atoms with Crippen LogP contribution in [-0.4, -0.2) is 38.8 Å². The molecule has 1 fully saturated rings. The smallest absolute Gasteiger partial charge is 0.252 e. The predicted molar refractivity (Wildman–Crippen MR) is 77.6 cm³/mol. The Morgan fingerprint density at radius 3 is 2.84 bits per heavy atom. The average molecular weight is 367 g/mol. The SMILES string of the molecule is CNC(=O)C1CCCN(S(=O)(=O)c2ccc(Br)s2)C1. The number of hydrogen-bond donors (Lipinski definition) is 1. The third kappa shape index (κ3) is 3.18. The van der Waals surface area contributed by atoms with Gasteiger partial charge in [-0.3, -0.25) is 4.79 Å². The molecule has 0 aromatic carbocycles. The van der Waals surface area contributed by atoms with E-state index in [1.54, 1.807) is 19.2 Å². The first kappa shape index (κ1) is 15.0. The first-order valence-electron chi connectivity index (χ1n) is 5.92. The summed E-state index contributed by atoms with van der Waals surface area (Å²) in [5.41, 5.74) is 0. The third-order valence-corrected chi connectivity index (χ3v) is 7.10. The van der Waals surface area contributed by atoms with Gasteiger partial charge in [-0.25, -0.2) is 8.42 Å². The Kier molecular flexibility index (Phi) is 4.65. The van der Waals surface area contributed by atoms with Crippen molar-refractivity contribution in [1.29, 1.82) is 0 Å². The number of carbonyl (C=O) groups excluding carboxylic acids is 1. The van der Waals surface area contributed by atoms with Gasteiger partial charge in [-0.05, 0) is 40.9 Å². The van der Waals surface area contributed by atoms with Crippen molar-refractivity contribution in [3.63, 3.8) is 0 Å². The molecular weight excluding hydrogens is 352 g/mol. The van der Waals surface area contributed by atoms with E-state index in [4.69, 9.17) is 0 Å². The zero-order valence-corrected chi connectivity index (χ0v) is 13.6. The highest BCUT2D eigenvalue weighted by Gasteiger charge is 2.33. The summed E-state index contributed by atoms with van der Waals surface area (Å²) in [5.74, 6) is -0.343. The summed E-state index contributed by atoms with van der Waals surface area (Å²) in [6.07, 6.45) is 1.45. The van der Waals surface area contributed by atoms with Gasteiger partial charge in [-0.1, -0.05) is 0 Å². The van der Waals surface area contributed by atoms with Crippen LogP contribution < -0.4 is 5.32 Å². The summed E-state index contributed by atoms with van der Waals surface area (Å²) < 4.78 is 27.4. The van der Waals surface area contributed by atoms with Gasteiger partial charge in [0.2, 0.25) is 5.91 Å². The molecular formula is C11H15BrN2O3S2. The molecule has 0 bridgehead atoms. The molecule has 5 nitrogen and oxygen atoms in total. The molecule has 8 heteroatoms. The maximum atomic E-state index is 12.4. The van der Waals surface area contributed by atoms with E-state index in [0.717, 1.165) is 10.2 Å². The summed E-state index contributed by atoms with van der Waals surface area (Å²) in [6, 6.07) is 3.31. The Morgan fingerprint density at radius 2 is 2.26 bits per heavy atom. The molecule has 1 saturated heterocycles. The van der Waals surface area contributed by atoms with E-state index in [-0.39, 0.29) is 18.4 Å². The van der Waals surface area contributed by atoms with E-state index < -0.39 is 10.0 Å². The molecule has 1 atom stereocenters. The topological polar surface area (TPSA) is 66.5 Å². The molecule has 1 aromatic rings. The molecule has 106 valence electrons. The van der Waals surface area contributed by atoms with E-state index in [0.29, 0.717) is 17.2 Å². The Labute approximate surface area is 125 Å². The first-order chi connectivity index (χ1) is 8.95. The number of rotatable bonds is 3. The van der Waals surface area contributed by atoms with Crippen molar-refractivity contribution in [2.75, 3.05) is 20.1 Å². The van der Waals surface area contributed by atoms with Crippen molar-refractivity contribution in [2.45, 2.75) is 17.1 Å². The molecule has 0 radical (unpaired) electrons. The minimum atomic E-state index is -3.47. The Morgan fingerprint density at radius 1 is 1.53 bits per heavy atom. The molecule has 0 saturated carbocycles. The van der Waals surface area contributed by atoms with Crippen LogP contribution in [0.3, 0.4) is 0 Å². The number of thiophene rings is 1. The lowest BCUT2D eigenvalue weighted by molar-refractivity contribution is -0.125. The van der Waals surface area contributed by atoms with Gasteiger partial charge in [0.25, 0.3) is 10.0 Å². The lowest BCUT2D eigenvalue weighted by Gasteiger charge is -2.30. The van der Waals surface area contributed by atoms with Gasteiger partial charge in [-0.2, -0.15) is 4.31 Å². The highest BCUT2D eigenvalue weighted by molar-refractivity contribution is 9.11. The van der Waals surface area contributed by atoms with Crippen LogP contribution in [0.4, 0.5) is 0 Å². The van der Waals surface area contributed by atoms with Gasteiger partial charge in [0.15, 0.2) is 0 Å². The van der Waals surface area contributed by atoms with Crippen LogP contribution >= 0.6 is 27.3 Å². The minimum Gasteiger partial charge on any atom is -0.359 e. The van der Waals surface area contributed by atoms with Crippen LogP contribution in [0.2, 0.25) is 0 Å². The number of nitrogens with zero attached hydrogens (tertiary/aromatic N) is 1. The Bertz CT molecular complexity index is 570. The largest absolute Gasteiger partial charge is 0.359 e. The number of hydrogen-bond acceptors (Lipinski definition) is 4. The lowest BCUT2D eigenvalue weighted by Crippen LogP contribution is -2.44. The standard InChI is InChI=1S/C11H15BrN2O3S2/c1-13-11(15)8-3-2-6-14(7-8)19(16,17)10-5-4-9(12)18-10/h4-5,8H,2-3,6-7H2,1H3,(H,13,15). The highest BCUT2D eigenvalue weighted by Crippen LogP contribution is 2.30. The molecule has 1 amide bonds. The number of sulfonamides is 1. The van der Waals surface area contributed by atoms with Gasteiger partial charge in [-0.15, -0.1) is 11.3 Å². The number of piperidine rings is 1. The predicted octanol–water partition coefficient (Wildman–Crippen LogP) is 1.66. The quantitative estimate of drug-likeness (QED) is 0.884. The minimum absolute atomic E-state index is 0.0905. The summed E-state index contributed by atoms with van der Waals surface area (Å²) in [6.45, 7) is 0.739. The van der Waals surface area contributed by atoms with Crippen molar-refractivity contribution < 1.29 is 13.2 Å². The van der Waals surface area contributed by atoms with Crippen LogP contribution in [0.5, 0.6) is 0 Å². The summed E-state index contributed by atoms with van der Waals surface area (Å²) in [5, 5.41) is 2.59. The number of amides is 1. The summed E-state index contributed by atoms with van der Waals surface area (Å²) >= 11 is 4.46. The molecule has 1 N–H and O–H groups in total. The maximum Gasteiger partial charge on any atom is 0.252 e. The van der Waals surface area contributed by atoms with Crippen LogP contribution in [0.1, 0.15) is 12.8 Å². The lowest BCUT2D eigenvalue weighted by atomic mass is 9.99. The van der Waals surface area contributed by atoms with Crippen molar-refractivity contribution in [2.24, 2.45) is 5.92 Å². The zero-order chi connectivity index (χ0) is 14.0. The molecule has 1 unspecified atom stereocenters. The first-order valence-corrected chi connectivity index (χ1v) is 8.97. The van der Waals surface area contributed by atoms with E-state index in [9.17, 15) is 13.2 Å².